The van der Waals surface area contributed by atoms with E-state index in [1.165, 1.54) is 0 Å². The van der Waals surface area contributed by atoms with Crippen LogP contribution in [0.3, 0.4) is 0 Å². The number of nitrogens with zero attached hydrogens (tertiary/aromatic N) is 5. The van der Waals surface area contributed by atoms with Crippen LogP contribution >= 0.6 is 0 Å². The van der Waals surface area contributed by atoms with Crippen molar-refractivity contribution < 1.29 is 13.9 Å². The molecule has 9 heteroatoms. The number of anilines is 1. The lowest BCUT2D eigenvalue weighted by Crippen LogP contribution is -2.25. The molecule has 0 aliphatic heterocycles. The Bertz CT molecular complexity index is 640. The molecule has 17 heavy (non-hydrogen) atoms. The van der Waals surface area contributed by atoms with Gasteiger partial charge in [-0.1, -0.05) is 5.10 Å². The van der Waals surface area contributed by atoms with Crippen molar-refractivity contribution in [2.24, 2.45) is 0 Å². The molecule has 0 saturated heterocycles. The molecule has 86 valence electrons. The molecule has 0 spiro atoms. The number of aromatic nitrogens is 5. The number of nitrogen functional groups attached to an aromatic ring is 1. The predicted molar refractivity (Wildman–Crippen MR) is 52.5 cm³/mol. The molecule has 0 aliphatic carbocycles. The van der Waals surface area contributed by atoms with Crippen LogP contribution in [0.5, 0.6) is 0 Å². The van der Waals surface area contributed by atoms with Gasteiger partial charge in [-0.25, -0.2) is 0 Å². The number of hydrogen-bond acceptors (Lipinski definition) is 7. The van der Waals surface area contributed by atoms with Crippen molar-refractivity contribution in [3.8, 4) is 17.4 Å². The lowest BCUT2D eigenvalue weighted by molar-refractivity contribution is -0.794. The SMILES string of the molecule is Nc1nnc(-c2c(-n3cccc3)no[n+]2[O-])o1. The molecule has 0 bridgehead atoms. The van der Waals surface area contributed by atoms with Gasteiger partial charge in [0.05, 0.1) is 5.16 Å². The largest absolute Gasteiger partial charge is 0.400 e. The van der Waals surface area contributed by atoms with E-state index in [2.05, 4.69) is 20.0 Å². The molecule has 0 atom stereocenters. The molecule has 3 aromatic rings. The Morgan fingerprint density at radius 2 is 2.06 bits per heavy atom. The minimum absolute atomic E-state index is 0.00500. The third-order valence-electron chi connectivity index (χ3n) is 2.09. The van der Waals surface area contributed by atoms with Crippen LogP contribution in [0.4, 0.5) is 6.01 Å². The Hall–Kier alpha value is -2.84. The van der Waals surface area contributed by atoms with E-state index >= 15 is 0 Å². The Balaban J connectivity index is 2.19. The second-order valence-corrected chi connectivity index (χ2v) is 3.14. The fraction of sp³-hybridized carbons (Fsp3) is 0. The van der Waals surface area contributed by atoms with Crippen LogP contribution in [0, 0.1) is 5.21 Å². The maximum Gasteiger partial charge on any atom is 0.331 e. The van der Waals surface area contributed by atoms with Gasteiger partial charge >= 0.3 is 17.5 Å². The molecule has 0 aromatic carbocycles. The number of hydrogen-bond donors (Lipinski definition) is 1. The van der Waals surface area contributed by atoms with Crippen molar-refractivity contribution >= 4 is 6.01 Å². The van der Waals surface area contributed by atoms with E-state index in [1.807, 2.05) is 0 Å². The van der Waals surface area contributed by atoms with Crippen LogP contribution in [0.1, 0.15) is 0 Å². The summed E-state index contributed by atoms with van der Waals surface area (Å²) in [4.78, 5) is 0.183. The standard InChI is InChI=1S/C8H6N6O3/c9-8-11-10-7(16-8)5-6(12-17-14(5)15)13-3-1-2-4-13/h1-4H,(H2,9,11). The van der Waals surface area contributed by atoms with Crippen LogP contribution in [0.2, 0.25) is 0 Å². The smallest absolute Gasteiger partial charge is 0.331 e. The molecule has 0 unspecified atom stereocenters. The van der Waals surface area contributed by atoms with Crippen molar-refractivity contribution in [1.29, 1.82) is 0 Å². The van der Waals surface area contributed by atoms with Crippen molar-refractivity contribution in [3.05, 3.63) is 29.7 Å². The maximum absolute atomic E-state index is 11.5. The number of rotatable bonds is 2. The van der Waals surface area contributed by atoms with Crippen LogP contribution < -0.4 is 10.6 Å². The molecular weight excluding hydrogens is 228 g/mol. The zero-order valence-corrected chi connectivity index (χ0v) is 8.35. The summed E-state index contributed by atoms with van der Waals surface area (Å²) < 4.78 is 11.1. The van der Waals surface area contributed by atoms with Crippen LogP contribution in [0.25, 0.3) is 17.4 Å². The first kappa shape index (κ1) is 9.39. The summed E-state index contributed by atoms with van der Waals surface area (Å²) in [6.45, 7) is 0. The highest BCUT2D eigenvalue weighted by Crippen LogP contribution is 2.21. The minimum atomic E-state index is -0.139. The summed E-state index contributed by atoms with van der Waals surface area (Å²) >= 11 is 0. The zero-order chi connectivity index (χ0) is 11.8. The summed E-state index contributed by atoms with van der Waals surface area (Å²) in [5, 5.41) is 22.1. The quantitative estimate of drug-likeness (QED) is 0.605. The lowest BCUT2D eigenvalue weighted by Gasteiger charge is -1.93. The fourth-order valence-electron chi connectivity index (χ4n) is 1.39. The second-order valence-electron chi connectivity index (χ2n) is 3.14. The van der Waals surface area contributed by atoms with Gasteiger partial charge in [0.25, 0.3) is 5.89 Å². The van der Waals surface area contributed by atoms with Gasteiger partial charge in [0.2, 0.25) is 0 Å². The van der Waals surface area contributed by atoms with Crippen molar-refractivity contribution in [3.63, 3.8) is 0 Å². The topological polar surface area (TPSA) is 123 Å². The monoisotopic (exact) mass is 234 g/mol. The first-order valence-corrected chi connectivity index (χ1v) is 4.58. The Labute approximate surface area is 93.6 Å². The predicted octanol–water partition coefficient (Wildman–Crippen LogP) is -0.269. The van der Waals surface area contributed by atoms with E-state index < -0.39 is 0 Å². The fourth-order valence-corrected chi connectivity index (χ4v) is 1.39. The van der Waals surface area contributed by atoms with E-state index in [0.717, 1.165) is 0 Å². The average molecular weight is 234 g/mol. The molecule has 9 nitrogen and oxygen atoms in total. The van der Waals surface area contributed by atoms with E-state index in [9.17, 15) is 5.21 Å². The third kappa shape index (κ3) is 1.40. The maximum atomic E-state index is 11.5. The molecule has 3 aromatic heterocycles. The van der Waals surface area contributed by atoms with E-state index in [4.69, 9.17) is 10.2 Å². The molecule has 0 amide bonds. The first-order chi connectivity index (χ1) is 8.25. The van der Waals surface area contributed by atoms with Gasteiger partial charge in [-0.05, 0) is 17.0 Å². The molecule has 3 heterocycles. The second kappa shape index (κ2) is 3.33. The Kier molecular flexibility index (Phi) is 1.84. The highest BCUT2D eigenvalue weighted by molar-refractivity contribution is 5.54. The molecule has 0 fully saturated rings. The first-order valence-electron chi connectivity index (χ1n) is 4.58. The highest BCUT2D eigenvalue weighted by Gasteiger charge is 2.27. The van der Waals surface area contributed by atoms with Gasteiger partial charge in [-0.2, -0.15) is 0 Å². The zero-order valence-electron chi connectivity index (χ0n) is 8.35. The minimum Gasteiger partial charge on any atom is -0.400 e. The highest BCUT2D eigenvalue weighted by atomic mass is 16.8. The van der Waals surface area contributed by atoms with E-state index in [1.54, 1.807) is 29.1 Å². The van der Waals surface area contributed by atoms with Crippen LogP contribution in [-0.2, 0) is 0 Å². The molecule has 0 radical (unpaired) electrons. The normalized spacial score (nSPS) is 10.8. The number of nitrogens with two attached hydrogens (primary N) is 1. The molecule has 3 rings (SSSR count). The van der Waals surface area contributed by atoms with Gasteiger partial charge in [-0.15, -0.1) is 5.10 Å². The van der Waals surface area contributed by atoms with Crippen LogP contribution in [-0.4, -0.2) is 19.9 Å². The van der Waals surface area contributed by atoms with Crippen molar-refractivity contribution in [2.75, 3.05) is 5.73 Å². The summed E-state index contributed by atoms with van der Waals surface area (Å²) in [6, 6.07) is 3.41. The summed E-state index contributed by atoms with van der Waals surface area (Å²) in [5.41, 5.74) is 5.30. The average Bonchev–Trinajstić information content (AvgIpc) is 2.97. The molecule has 0 aliphatic rings. The third-order valence-corrected chi connectivity index (χ3v) is 2.09. The molecule has 2 N–H and O–H groups in total. The van der Waals surface area contributed by atoms with Crippen molar-refractivity contribution in [1.82, 2.24) is 19.9 Å². The summed E-state index contributed by atoms with van der Waals surface area (Å²) in [7, 11) is 0. The Morgan fingerprint density at radius 3 is 2.71 bits per heavy atom. The van der Waals surface area contributed by atoms with Gasteiger partial charge in [0, 0.05) is 12.4 Å². The van der Waals surface area contributed by atoms with Gasteiger partial charge in [-0.3, -0.25) is 9.20 Å². The van der Waals surface area contributed by atoms with Gasteiger partial charge in [0.1, 0.15) is 0 Å². The Morgan fingerprint density at radius 1 is 1.29 bits per heavy atom. The summed E-state index contributed by atoms with van der Waals surface area (Å²) in [5.74, 6) is 0.191. The molecular formula is C8H6N6O3. The van der Waals surface area contributed by atoms with Gasteiger partial charge < -0.3 is 15.4 Å². The van der Waals surface area contributed by atoms with E-state index in [0.29, 0.717) is 0 Å². The van der Waals surface area contributed by atoms with Crippen molar-refractivity contribution in [2.45, 2.75) is 0 Å². The lowest BCUT2D eigenvalue weighted by atomic mass is 10.4. The molecule has 0 saturated carbocycles. The van der Waals surface area contributed by atoms with Crippen LogP contribution in [0.15, 0.2) is 33.6 Å². The summed E-state index contributed by atoms with van der Waals surface area (Å²) in [6.07, 6.45) is 3.39. The van der Waals surface area contributed by atoms with E-state index in [-0.39, 0.29) is 28.3 Å². The van der Waals surface area contributed by atoms with Gasteiger partial charge in [0.15, 0.2) is 0 Å².